The Kier molecular flexibility index (Phi) is 12.3. The van der Waals surface area contributed by atoms with Gasteiger partial charge in [0.1, 0.15) is 23.4 Å². The van der Waals surface area contributed by atoms with Gasteiger partial charge in [0, 0.05) is 24.5 Å². The second kappa shape index (κ2) is 17.0. The van der Waals surface area contributed by atoms with Crippen molar-refractivity contribution in [1.29, 1.82) is 0 Å². The Hall–Kier alpha value is -5.39. The first-order valence-corrected chi connectivity index (χ1v) is 19.6. The Bertz CT molecular complexity index is 1870. The predicted molar refractivity (Wildman–Crippen MR) is 221 cm³/mol. The molecule has 0 spiro atoms. The van der Waals surface area contributed by atoms with Crippen LogP contribution in [0.2, 0.25) is 0 Å². The summed E-state index contributed by atoms with van der Waals surface area (Å²) < 4.78 is 24.7. The number of nitrogens with zero attached hydrogens (tertiary/aromatic N) is 2. The number of anilines is 2. The van der Waals surface area contributed by atoms with E-state index in [1.807, 2.05) is 138 Å². The Morgan fingerprint density at radius 3 is 1.33 bits per heavy atom. The van der Waals surface area contributed by atoms with Crippen LogP contribution >= 0.6 is 0 Å². The number of benzene rings is 4. The van der Waals surface area contributed by atoms with Crippen LogP contribution in [0.3, 0.4) is 0 Å². The monoisotopic (exact) mass is 776 g/mol. The Morgan fingerprint density at radius 1 is 0.596 bits per heavy atom. The van der Waals surface area contributed by atoms with Gasteiger partial charge in [0.2, 0.25) is 0 Å². The number of carbonyl (C=O) groups excluding carboxylic acids is 3. The van der Waals surface area contributed by atoms with Crippen LogP contribution < -0.4 is 10.6 Å². The molecule has 4 amide bonds. The van der Waals surface area contributed by atoms with Crippen molar-refractivity contribution in [2.75, 3.05) is 10.6 Å². The highest BCUT2D eigenvalue weighted by Gasteiger charge is 2.55. The second-order valence-electron chi connectivity index (χ2n) is 17.3. The van der Waals surface area contributed by atoms with Crippen molar-refractivity contribution in [3.05, 3.63) is 131 Å². The Labute approximate surface area is 336 Å². The van der Waals surface area contributed by atoms with Gasteiger partial charge in [-0.3, -0.25) is 10.6 Å². The lowest BCUT2D eigenvalue weighted by atomic mass is 9.91. The van der Waals surface area contributed by atoms with Crippen molar-refractivity contribution in [2.45, 2.75) is 123 Å². The van der Waals surface area contributed by atoms with E-state index < -0.39 is 53.5 Å². The van der Waals surface area contributed by atoms with Gasteiger partial charge < -0.3 is 28.7 Å². The fourth-order valence-electron chi connectivity index (χ4n) is 7.48. The molecule has 2 heterocycles. The predicted octanol–water partition coefficient (Wildman–Crippen LogP) is 9.56. The molecule has 2 fully saturated rings. The van der Waals surface area contributed by atoms with E-state index in [0.717, 1.165) is 22.3 Å². The van der Waals surface area contributed by atoms with Crippen LogP contribution in [0.5, 0.6) is 0 Å². The lowest BCUT2D eigenvalue weighted by molar-refractivity contribution is -0.157. The summed E-state index contributed by atoms with van der Waals surface area (Å²) in [5.74, 6) is -0.925. The molecule has 6 rings (SSSR count). The van der Waals surface area contributed by atoms with Crippen LogP contribution in [-0.2, 0) is 44.9 Å². The zero-order valence-electron chi connectivity index (χ0n) is 34.3. The highest BCUT2D eigenvalue weighted by atomic mass is 16.8. The molecular weight excluding hydrogens is 721 g/mol. The molecule has 0 aromatic heterocycles. The first kappa shape index (κ1) is 41.2. The fraction of sp³-hybridized carbons (Fsp3) is 0.413. The van der Waals surface area contributed by atoms with Crippen molar-refractivity contribution < 1.29 is 33.3 Å². The summed E-state index contributed by atoms with van der Waals surface area (Å²) in [6.45, 7) is 15.2. The molecule has 4 atom stereocenters. The van der Waals surface area contributed by atoms with Crippen LogP contribution in [0.15, 0.2) is 109 Å². The van der Waals surface area contributed by atoms with Crippen LogP contribution in [0.1, 0.15) is 77.6 Å². The number of hydrogen-bond acceptors (Lipinski definition) is 7. The molecule has 302 valence electrons. The molecule has 2 N–H and O–H groups in total. The third kappa shape index (κ3) is 11.4. The number of amides is 4. The number of rotatable bonds is 10. The van der Waals surface area contributed by atoms with E-state index in [4.69, 9.17) is 18.9 Å². The molecule has 0 saturated carbocycles. The summed E-state index contributed by atoms with van der Waals surface area (Å²) in [7, 11) is 0. The number of carbonyl (C=O) groups is 3. The maximum absolute atomic E-state index is 15.5. The summed E-state index contributed by atoms with van der Waals surface area (Å²) >= 11 is 0. The molecule has 0 unspecified atom stereocenters. The minimum atomic E-state index is -0.925. The van der Waals surface area contributed by atoms with Gasteiger partial charge in [-0.15, -0.1) is 0 Å². The van der Waals surface area contributed by atoms with E-state index in [1.165, 1.54) is 0 Å². The smallest absolute Gasteiger partial charge is 0.412 e. The first-order chi connectivity index (χ1) is 26.9. The minimum absolute atomic E-state index is 0.188. The first-order valence-electron chi connectivity index (χ1n) is 19.6. The lowest BCUT2D eigenvalue weighted by Crippen LogP contribution is -2.51. The summed E-state index contributed by atoms with van der Waals surface area (Å²) in [6, 6.07) is 34.1. The van der Waals surface area contributed by atoms with Crippen molar-refractivity contribution in [1.82, 2.24) is 9.80 Å². The summed E-state index contributed by atoms with van der Waals surface area (Å²) in [6.07, 6.45) is -1.08. The quantitative estimate of drug-likeness (QED) is 0.165. The average molecular weight is 777 g/mol. The van der Waals surface area contributed by atoms with Crippen molar-refractivity contribution in [3.8, 4) is 0 Å². The third-order valence-corrected chi connectivity index (χ3v) is 9.64. The molecule has 0 aliphatic carbocycles. The van der Waals surface area contributed by atoms with Crippen molar-refractivity contribution in [2.24, 2.45) is 0 Å². The van der Waals surface area contributed by atoms with Crippen LogP contribution in [0.4, 0.5) is 25.8 Å². The lowest BCUT2D eigenvalue weighted by Gasteiger charge is -2.37. The van der Waals surface area contributed by atoms with Crippen molar-refractivity contribution >= 4 is 29.6 Å². The normalized spacial score (nSPS) is 20.7. The molecule has 57 heavy (non-hydrogen) atoms. The highest BCUT2D eigenvalue weighted by molar-refractivity contribution is 5.85. The zero-order chi connectivity index (χ0) is 41.0. The summed E-state index contributed by atoms with van der Waals surface area (Å²) in [4.78, 5) is 44.8. The van der Waals surface area contributed by atoms with Gasteiger partial charge in [0.25, 0.3) is 0 Å². The van der Waals surface area contributed by atoms with E-state index in [1.54, 1.807) is 12.1 Å². The van der Waals surface area contributed by atoms with Crippen LogP contribution in [-0.4, -0.2) is 69.3 Å². The zero-order valence-corrected chi connectivity index (χ0v) is 34.3. The van der Waals surface area contributed by atoms with E-state index in [-0.39, 0.29) is 19.1 Å². The highest BCUT2D eigenvalue weighted by Crippen LogP contribution is 2.40. The number of ether oxygens (including phenoxy) is 4. The SMILES string of the molecule is CC(C)(C)OC(=O)Nc1cccc(CN2C(=O)N(Cc3cccc(NC(=O)OC(C)(C)C)c3)[C@H](Cc3ccccc3)[C@@H]3OC(C)(C)O[C@H]3[C@H]2Cc2ccccc2)c1. The van der Waals surface area contributed by atoms with Crippen molar-refractivity contribution in [3.63, 3.8) is 0 Å². The van der Waals surface area contributed by atoms with Crippen LogP contribution in [0.25, 0.3) is 0 Å². The minimum Gasteiger partial charge on any atom is -0.444 e. The van der Waals surface area contributed by atoms with Gasteiger partial charge in [0.15, 0.2) is 5.79 Å². The molecular formula is C46H56N4O7. The number of urea groups is 1. The molecule has 11 nitrogen and oxygen atoms in total. The standard InChI is InChI=1S/C46H56N4O7/c1-44(2,3)56-41(51)47-35-23-15-21-33(25-35)29-49-37(27-31-17-11-9-12-18-31)39-40(55-46(7,8)54-39)38(28-32-19-13-10-14-20-32)50(43(49)53)30-34-22-16-24-36(26-34)48-42(52)57-45(4,5)6/h9-26,37-40H,27-30H2,1-8H3,(H,47,51)(H,48,52)/t37-,38-,39+,40+/m1/s1. The topological polar surface area (TPSA) is 119 Å². The molecule has 0 radical (unpaired) electrons. The maximum Gasteiger partial charge on any atom is 0.412 e. The Morgan fingerprint density at radius 2 is 0.965 bits per heavy atom. The second-order valence-corrected chi connectivity index (χ2v) is 17.3. The summed E-state index contributed by atoms with van der Waals surface area (Å²) in [5, 5.41) is 5.69. The van der Waals surface area contributed by atoms with E-state index in [2.05, 4.69) is 34.9 Å². The van der Waals surface area contributed by atoms with E-state index in [0.29, 0.717) is 24.2 Å². The van der Waals surface area contributed by atoms with Gasteiger partial charge in [-0.25, -0.2) is 14.4 Å². The van der Waals surface area contributed by atoms with Gasteiger partial charge in [0.05, 0.1) is 12.1 Å². The molecule has 4 aromatic carbocycles. The molecule has 0 bridgehead atoms. The van der Waals surface area contributed by atoms with Gasteiger partial charge in [-0.05, 0) is 115 Å². The number of nitrogens with one attached hydrogen (secondary N) is 2. The van der Waals surface area contributed by atoms with E-state index in [9.17, 15) is 9.59 Å². The van der Waals surface area contributed by atoms with Gasteiger partial charge >= 0.3 is 18.2 Å². The van der Waals surface area contributed by atoms with Gasteiger partial charge in [-0.1, -0.05) is 84.9 Å². The molecule has 4 aromatic rings. The maximum atomic E-state index is 15.5. The fourth-order valence-corrected chi connectivity index (χ4v) is 7.48. The number of fused-ring (bicyclic) bond motifs is 1. The molecule has 2 saturated heterocycles. The third-order valence-electron chi connectivity index (χ3n) is 9.64. The van der Waals surface area contributed by atoms with E-state index >= 15 is 4.79 Å². The molecule has 2 aliphatic heterocycles. The molecule has 2 aliphatic rings. The van der Waals surface area contributed by atoms with Gasteiger partial charge in [-0.2, -0.15) is 0 Å². The average Bonchev–Trinajstić information content (AvgIpc) is 3.42. The van der Waals surface area contributed by atoms with Crippen LogP contribution in [0, 0.1) is 0 Å². The largest absolute Gasteiger partial charge is 0.444 e. The molecule has 11 heteroatoms. The Balaban J connectivity index is 1.42. The summed E-state index contributed by atoms with van der Waals surface area (Å²) in [5.41, 5.74) is 3.52. The number of hydrogen-bond donors (Lipinski definition) is 2.